The zero-order chi connectivity index (χ0) is 16.4. The van der Waals surface area contributed by atoms with Crippen molar-refractivity contribution < 1.29 is 17.9 Å². The maximum atomic E-state index is 12.6. The number of nitrogens with zero attached hydrogens (tertiary/aromatic N) is 3. The Morgan fingerprint density at radius 2 is 2.09 bits per heavy atom. The van der Waals surface area contributed by atoms with Gasteiger partial charge in [0.15, 0.2) is 0 Å². The van der Waals surface area contributed by atoms with E-state index >= 15 is 0 Å². The standard InChI is InChI=1S/C13H14N4O4S2/c1-21-12(18)11-10(3-6-22-11)23(19,20)17-7-9(8-17)16-13-14-4-2-5-15-13/h2-6,9H,7-8H2,1H3,(H,14,15,16). The average Bonchev–Trinajstić information content (AvgIpc) is 3.01. The molecule has 2 aromatic heterocycles. The van der Waals surface area contributed by atoms with Gasteiger partial charge in [-0.25, -0.2) is 23.2 Å². The smallest absolute Gasteiger partial charge is 0.349 e. The van der Waals surface area contributed by atoms with Crippen LogP contribution >= 0.6 is 11.3 Å². The van der Waals surface area contributed by atoms with Gasteiger partial charge in [-0.05, 0) is 17.5 Å². The monoisotopic (exact) mass is 354 g/mol. The Hall–Kier alpha value is -2.04. The van der Waals surface area contributed by atoms with Crippen LogP contribution in [-0.4, -0.2) is 54.9 Å². The molecule has 0 amide bonds. The lowest BCUT2D eigenvalue weighted by molar-refractivity contribution is 0.0602. The van der Waals surface area contributed by atoms with Gasteiger partial charge in [-0.2, -0.15) is 4.31 Å². The molecule has 0 unspecified atom stereocenters. The normalized spacial score (nSPS) is 15.9. The quantitative estimate of drug-likeness (QED) is 0.793. The van der Waals surface area contributed by atoms with Crippen molar-refractivity contribution in [2.75, 3.05) is 25.5 Å². The molecule has 1 fully saturated rings. The van der Waals surface area contributed by atoms with Crippen molar-refractivity contribution in [3.8, 4) is 0 Å². The van der Waals surface area contributed by atoms with Crippen LogP contribution in [0.25, 0.3) is 0 Å². The van der Waals surface area contributed by atoms with Crippen molar-refractivity contribution in [3.05, 3.63) is 34.8 Å². The summed E-state index contributed by atoms with van der Waals surface area (Å²) in [6.07, 6.45) is 3.22. The van der Waals surface area contributed by atoms with E-state index in [1.54, 1.807) is 23.8 Å². The van der Waals surface area contributed by atoms with Gasteiger partial charge in [0.2, 0.25) is 16.0 Å². The minimum Gasteiger partial charge on any atom is -0.465 e. The number of sulfonamides is 1. The van der Waals surface area contributed by atoms with E-state index in [4.69, 9.17) is 0 Å². The van der Waals surface area contributed by atoms with E-state index in [0.717, 1.165) is 11.3 Å². The third-order valence-electron chi connectivity index (χ3n) is 3.36. The zero-order valence-electron chi connectivity index (χ0n) is 12.2. The summed E-state index contributed by atoms with van der Waals surface area (Å²) in [6.45, 7) is 0.577. The van der Waals surface area contributed by atoms with E-state index in [9.17, 15) is 13.2 Å². The van der Waals surface area contributed by atoms with Gasteiger partial charge in [0, 0.05) is 25.5 Å². The van der Waals surface area contributed by atoms with Crippen LogP contribution in [-0.2, 0) is 14.8 Å². The van der Waals surface area contributed by atoms with Gasteiger partial charge in [-0.1, -0.05) is 0 Å². The minimum absolute atomic E-state index is 0.0104. The number of carbonyl (C=O) groups excluding carboxylic acids is 1. The molecule has 3 rings (SSSR count). The van der Waals surface area contributed by atoms with Gasteiger partial charge in [-0.3, -0.25) is 0 Å². The van der Waals surface area contributed by atoms with Crippen LogP contribution in [0.5, 0.6) is 0 Å². The maximum Gasteiger partial charge on any atom is 0.349 e. The summed E-state index contributed by atoms with van der Waals surface area (Å²) >= 11 is 1.05. The van der Waals surface area contributed by atoms with Crippen LogP contribution in [0, 0.1) is 0 Å². The van der Waals surface area contributed by atoms with Crippen LogP contribution < -0.4 is 5.32 Å². The van der Waals surface area contributed by atoms with E-state index in [1.165, 1.54) is 17.5 Å². The molecule has 122 valence electrons. The molecule has 0 radical (unpaired) electrons. The molecule has 1 aliphatic heterocycles. The van der Waals surface area contributed by atoms with Gasteiger partial charge < -0.3 is 10.1 Å². The predicted octanol–water partition coefficient (Wildman–Crippen LogP) is 0.810. The highest BCUT2D eigenvalue weighted by molar-refractivity contribution is 7.89. The molecule has 1 aliphatic rings. The van der Waals surface area contributed by atoms with Gasteiger partial charge in [0.05, 0.1) is 13.2 Å². The van der Waals surface area contributed by atoms with Crippen LogP contribution in [0.4, 0.5) is 5.95 Å². The Labute approximate surface area is 137 Å². The lowest BCUT2D eigenvalue weighted by Gasteiger charge is -2.38. The molecule has 0 aliphatic carbocycles. The number of hydrogen-bond donors (Lipinski definition) is 1. The lowest BCUT2D eigenvalue weighted by Crippen LogP contribution is -2.57. The molecule has 23 heavy (non-hydrogen) atoms. The number of aromatic nitrogens is 2. The molecule has 0 saturated carbocycles. The number of thiophene rings is 1. The fourth-order valence-corrected chi connectivity index (χ4v) is 5.00. The van der Waals surface area contributed by atoms with Crippen LogP contribution in [0.15, 0.2) is 34.8 Å². The fraction of sp³-hybridized carbons (Fsp3) is 0.308. The molecule has 0 aromatic carbocycles. The number of methoxy groups -OCH3 is 1. The van der Waals surface area contributed by atoms with Gasteiger partial charge in [-0.15, -0.1) is 11.3 Å². The summed E-state index contributed by atoms with van der Waals surface area (Å²) in [5.41, 5.74) is 0. The first-order valence-electron chi connectivity index (χ1n) is 6.72. The summed E-state index contributed by atoms with van der Waals surface area (Å²) in [4.78, 5) is 19.8. The van der Waals surface area contributed by atoms with Crippen molar-refractivity contribution in [1.82, 2.24) is 14.3 Å². The second kappa shape index (κ2) is 6.22. The number of esters is 1. The highest BCUT2D eigenvalue weighted by atomic mass is 32.2. The van der Waals surface area contributed by atoms with E-state index in [0.29, 0.717) is 5.95 Å². The largest absolute Gasteiger partial charge is 0.465 e. The van der Waals surface area contributed by atoms with Crippen molar-refractivity contribution in [1.29, 1.82) is 0 Å². The average molecular weight is 354 g/mol. The van der Waals surface area contributed by atoms with Crippen LogP contribution in [0.3, 0.4) is 0 Å². The van der Waals surface area contributed by atoms with Crippen molar-refractivity contribution >= 4 is 33.3 Å². The SMILES string of the molecule is COC(=O)c1sccc1S(=O)(=O)N1CC(Nc2ncccn2)C1. The molecule has 10 heteroatoms. The first kappa shape index (κ1) is 15.8. The number of carbonyl (C=O) groups is 1. The highest BCUT2D eigenvalue weighted by Gasteiger charge is 2.39. The van der Waals surface area contributed by atoms with E-state index in [1.807, 2.05) is 0 Å². The Morgan fingerprint density at radius 1 is 1.39 bits per heavy atom. The second-order valence-corrected chi connectivity index (χ2v) is 7.66. The molecule has 0 spiro atoms. The zero-order valence-corrected chi connectivity index (χ0v) is 13.8. The number of ether oxygens (including phenoxy) is 1. The fourth-order valence-electron chi connectivity index (χ4n) is 2.16. The predicted molar refractivity (Wildman–Crippen MR) is 83.9 cm³/mol. The summed E-state index contributed by atoms with van der Waals surface area (Å²) < 4.78 is 31.1. The van der Waals surface area contributed by atoms with Crippen molar-refractivity contribution in [2.45, 2.75) is 10.9 Å². The molecule has 1 saturated heterocycles. The van der Waals surface area contributed by atoms with Gasteiger partial charge in [0.1, 0.15) is 9.77 Å². The first-order valence-corrected chi connectivity index (χ1v) is 9.04. The summed E-state index contributed by atoms with van der Waals surface area (Å²) in [5, 5.41) is 4.62. The second-order valence-electron chi connectivity index (χ2n) is 4.84. The Balaban J connectivity index is 1.69. The molecular weight excluding hydrogens is 340 g/mol. The van der Waals surface area contributed by atoms with E-state index < -0.39 is 16.0 Å². The molecule has 0 atom stereocenters. The molecule has 1 N–H and O–H groups in total. The highest BCUT2D eigenvalue weighted by Crippen LogP contribution is 2.29. The van der Waals surface area contributed by atoms with Crippen LogP contribution in [0.1, 0.15) is 9.67 Å². The number of nitrogens with one attached hydrogen (secondary N) is 1. The van der Waals surface area contributed by atoms with Crippen molar-refractivity contribution in [3.63, 3.8) is 0 Å². The Bertz CT molecular complexity index is 800. The number of anilines is 1. The maximum absolute atomic E-state index is 12.6. The summed E-state index contributed by atoms with van der Waals surface area (Å²) in [7, 11) is -2.48. The number of hydrogen-bond acceptors (Lipinski definition) is 8. The summed E-state index contributed by atoms with van der Waals surface area (Å²) in [6, 6.07) is 3.06. The third kappa shape index (κ3) is 3.05. The van der Waals surface area contributed by atoms with Gasteiger partial charge >= 0.3 is 5.97 Å². The van der Waals surface area contributed by atoms with Gasteiger partial charge in [0.25, 0.3) is 0 Å². The molecule has 3 heterocycles. The lowest BCUT2D eigenvalue weighted by atomic mass is 10.2. The van der Waals surface area contributed by atoms with Crippen LogP contribution in [0.2, 0.25) is 0 Å². The number of rotatable bonds is 5. The molecule has 8 nitrogen and oxygen atoms in total. The Kier molecular flexibility index (Phi) is 4.28. The Morgan fingerprint density at radius 3 is 2.74 bits per heavy atom. The molecular formula is C13H14N4O4S2. The molecule has 0 bridgehead atoms. The summed E-state index contributed by atoms with van der Waals surface area (Å²) in [5.74, 6) is -0.188. The van der Waals surface area contributed by atoms with E-state index in [-0.39, 0.29) is 28.9 Å². The third-order valence-corrected chi connectivity index (χ3v) is 6.26. The minimum atomic E-state index is -3.71. The molecule has 2 aromatic rings. The van der Waals surface area contributed by atoms with E-state index in [2.05, 4.69) is 20.0 Å². The first-order chi connectivity index (χ1) is 11.0. The van der Waals surface area contributed by atoms with Crippen molar-refractivity contribution in [2.24, 2.45) is 0 Å². The topological polar surface area (TPSA) is 101 Å².